The summed E-state index contributed by atoms with van der Waals surface area (Å²) >= 11 is 18.1. The van der Waals surface area contributed by atoms with Crippen molar-refractivity contribution in [2.24, 2.45) is 0 Å². The monoisotopic (exact) mass is 453 g/mol. The van der Waals surface area contributed by atoms with Crippen molar-refractivity contribution in [3.8, 4) is 17.2 Å². The fourth-order valence-corrected chi connectivity index (χ4v) is 3.29. The molecule has 0 radical (unpaired) electrons. The molecule has 6 nitrogen and oxygen atoms in total. The van der Waals surface area contributed by atoms with E-state index in [0.29, 0.717) is 44.7 Å². The summed E-state index contributed by atoms with van der Waals surface area (Å²) < 4.78 is 11.2. The quantitative estimate of drug-likeness (QED) is 0.448. The van der Waals surface area contributed by atoms with Crippen LogP contribution in [0, 0.1) is 0 Å². The molecule has 0 fully saturated rings. The van der Waals surface area contributed by atoms with Gasteiger partial charge >= 0.3 is 0 Å². The van der Waals surface area contributed by atoms with Gasteiger partial charge in [0.25, 0.3) is 5.91 Å². The molecule has 9 heteroatoms. The maximum atomic E-state index is 12.6. The van der Waals surface area contributed by atoms with E-state index in [1.54, 1.807) is 35.2 Å². The van der Waals surface area contributed by atoms with Crippen molar-refractivity contribution in [2.75, 3.05) is 13.2 Å². The van der Waals surface area contributed by atoms with Crippen molar-refractivity contribution in [1.29, 1.82) is 0 Å². The molecule has 0 aliphatic rings. The predicted octanol–water partition coefficient (Wildman–Crippen LogP) is 5.51. The summed E-state index contributed by atoms with van der Waals surface area (Å²) in [5.74, 6) is 0.778. The maximum absolute atomic E-state index is 12.6. The zero-order chi connectivity index (χ0) is 20.8. The molecular formula is C20H18Cl3N3O3. The third-order valence-electron chi connectivity index (χ3n) is 3.99. The van der Waals surface area contributed by atoms with E-state index in [1.165, 1.54) is 0 Å². The van der Waals surface area contributed by atoms with E-state index in [2.05, 4.69) is 10.2 Å². The van der Waals surface area contributed by atoms with Gasteiger partial charge in [0.1, 0.15) is 5.75 Å². The van der Waals surface area contributed by atoms with Crippen LogP contribution in [0.5, 0.6) is 5.75 Å². The van der Waals surface area contributed by atoms with Crippen LogP contribution in [0.2, 0.25) is 15.1 Å². The lowest BCUT2D eigenvalue weighted by atomic mass is 10.2. The number of aromatic nitrogens is 2. The highest BCUT2D eigenvalue weighted by Gasteiger charge is 2.19. The highest BCUT2D eigenvalue weighted by molar-refractivity contribution is 6.35. The lowest BCUT2D eigenvalue weighted by Gasteiger charge is -2.20. The largest absolute Gasteiger partial charge is 0.482 e. The van der Waals surface area contributed by atoms with E-state index >= 15 is 0 Å². The number of hydrogen-bond acceptors (Lipinski definition) is 5. The summed E-state index contributed by atoms with van der Waals surface area (Å²) in [6, 6.07) is 12.0. The highest BCUT2D eigenvalue weighted by Crippen LogP contribution is 2.28. The molecule has 0 bridgehead atoms. The fraction of sp³-hybridized carbons (Fsp3) is 0.250. The number of hydrogen-bond donors (Lipinski definition) is 0. The van der Waals surface area contributed by atoms with Crippen molar-refractivity contribution in [3.63, 3.8) is 0 Å². The maximum Gasteiger partial charge on any atom is 0.260 e. The van der Waals surface area contributed by atoms with Gasteiger partial charge < -0.3 is 14.1 Å². The van der Waals surface area contributed by atoms with Crippen molar-refractivity contribution < 1.29 is 13.9 Å². The molecule has 2 aromatic carbocycles. The van der Waals surface area contributed by atoms with Crippen LogP contribution in [0.3, 0.4) is 0 Å². The van der Waals surface area contributed by atoms with Crippen molar-refractivity contribution in [2.45, 2.75) is 19.9 Å². The van der Waals surface area contributed by atoms with Crippen LogP contribution in [0.25, 0.3) is 11.5 Å². The molecule has 0 N–H and O–H groups in total. The molecule has 0 saturated carbocycles. The Morgan fingerprint density at radius 1 is 1.10 bits per heavy atom. The molecule has 1 heterocycles. The SMILES string of the molecule is CCCN(Cc1nnc(-c2ccccc2Cl)o1)C(=O)COc1ccc(Cl)cc1Cl. The number of halogens is 3. The molecule has 152 valence electrons. The Hall–Kier alpha value is -2.28. The Morgan fingerprint density at radius 3 is 2.62 bits per heavy atom. The molecule has 0 atom stereocenters. The average molecular weight is 455 g/mol. The summed E-state index contributed by atoms with van der Waals surface area (Å²) in [7, 11) is 0. The molecule has 1 amide bonds. The summed E-state index contributed by atoms with van der Waals surface area (Å²) in [5, 5.41) is 9.41. The summed E-state index contributed by atoms with van der Waals surface area (Å²) in [6.45, 7) is 2.48. The molecule has 1 aromatic heterocycles. The number of ether oxygens (including phenoxy) is 1. The van der Waals surface area contributed by atoms with E-state index < -0.39 is 0 Å². The Balaban J connectivity index is 1.66. The van der Waals surface area contributed by atoms with Gasteiger partial charge in [-0.15, -0.1) is 10.2 Å². The average Bonchev–Trinajstić information content (AvgIpc) is 3.15. The first kappa shape index (κ1) is 21.4. The number of carbonyl (C=O) groups excluding carboxylic acids is 1. The van der Waals surface area contributed by atoms with E-state index in [4.69, 9.17) is 44.0 Å². The zero-order valence-corrected chi connectivity index (χ0v) is 17.8. The molecule has 0 aliphatic heterocycles. The van der Waals surface area contributed by atoms with Gasteiger partial charge in [-0.05, 0) is 36.8 Å². The van der Waals surface area contributed by atoms with Crippen LogP contribution in [0.4, 0.5) is 0 Å². The van der Waals surface area contributed by atoms with Gasteiger partial charge in [0.05, 0.1) is 22.2 Å². The molecule has 3 rings (SSSR count). The summed E-state index contributed by atoms with van der Waals surface area (Å²) in [6.07, 6.45) is 0.763. The van der Waals surface area contributed by atoms with Crippen LogP contribution >= 0.6 is 34.8 Å². The number of benzene rings is 2. The normalized spacial score (nSPS) is 10.8. The summed E-state index contributed by atoms with van der Waals surface area (Å²) in [5.41, 5.74) is 0.641. The predicted molar refractivity (Wildman–Crippen MR) is 112 cm³/mol. The van der Waals surface area contributed by atoms with E-state index in [9.17, 15) is 4.79 Å². The fourth-order valence-electron chi connectivity index (χ4n) is 2.61. The zero-order valence-electron chi connectivity index (χ0n) is 15.6. The van der Waals surface area contributed by atoms with Crippen LogP contribution in [-0.2, 0) is 11.3 Å². The van der Waals surface area contributed by atoms with E-state index in [-0.39, 0.29) is 19.1 Å². The first-order valence-electron chi connectivity index (χ1n) is 8.90. The van der Waals surface area contributed by atoms with E-state index in [1.807, 2.05) is 19.1 Å². The smallest absolute Gasteiger partial charge is 0.260 e. The van der Waals surface area contributed by atoms with Crippen LogP contribution in [-0.4, -0.2) is 34.2 Å². The van der Waals surface area contributed by atoms with Gasteiger partial charge in [0, 0.05) is 11.6 Å². The first-order chi connectivity index (χ1) is 14.0. The Labute approximate surface area is 183 Å². The van der Waals surface area contributed by atoms with Crippen LogP contribution in [0.15, 0.2) is 46.9 Å². The Morgan fingerprint density at radius 2 is 1.90 bits per heavy atom. The number of rotatable bonds is 8. The Kier molecular flexibility index (Phi) is 7.36. The van der Waals surface area contributed by atoms with Gasteiger partial charge in [-0.2, -0.15) is 0 Å². The lowest BCUT2D eigenvalue weighted by Crippen LogP contribution is -2.35. The molecule has 3 aromatic rings. The third kappa shape index (κ3) is 5.63. The summed E-state index contributed by atoms with van der Waals surface area (Å²) in [4.78, 5) is 14.2. The minimum Gasteiger partial charge on any atom is -0.482 e. The first-order valence-corrected chi connectivity index (χ1v) is 10.0. The molecule has 0 aliphatic carbocycles. The number of nitrogens with zero attached hydrogens (tertiary/aromatic N) is 3. The lowest BCUT2D eigenvalue weighted by molar-refractivity contribution is -0.134. The van der Waals surface area contributed by atoms with Gasteiger partial charge in [0.15, 0.2) is 6.61 Å². The van der Waals surface area contributed by atoms with Gasteiger partial charge in [0.2, 0.25) is 11.8 Å². The number of amides is 1. The molecule has 0 spiro atoms. The van der Waals surface area contributed by atoms with Crippen molar-refractivity contribution in [1.82, 2.24) is 15.1 Å². The van der Waals surface area contributed by atoms with Gasteiger partial charge in [-0.25, -0.2) is 0 Å². The molecule has 0 unspecified atom stereocenters. The molecule has 0 saturated heterocycles. The molecule has 29 heavy (non-hydrogen) atoms. The second-order valence-electron chi connectivity index (χ2n) is 6.16. The minimum absolute atomic E-state index is 0.168. The molecular weight excluding hydrogens is 437 g/mol. The Bertz CT molecular complexity index is 994. The van der Waals surface area contributed by atoms with Crippen LogP contribution < -0.4 is 4.74 Å². The van der Waals surface area contributed by atoms with Gasteiger partial charge in [-0.3, -0.25) is 4.79 Å². The minimum atomic E-state index is -0.227. The van der Waals surface area contributed by atoms with E-state index in [0.717, 1.165) is 6.42 Å². The third-order valence-corrected chi connectivity index (χ3v) is 4.85. The number of carbonyl (C=O) groups is 1. The van der Waals surface area contributed by atoms with Crippen molar-refractivity contribution in [3.05, 3.63) is 63.4 Å². The highest BCUT2D eigenvalue weighted by atomic mass is 35.5. The topological polar surface area (TPSA) is 68.5 Å². The second kappa shape index (κ2) is 9.96. The standard InChI is InChI=1S/C20H18Cl3N3O3/c1-2-9-26(19(27)12-28-17-8-7-13(21)10-16(17)23)11-18-24-25-20(29-18)14-5-3-4-6-15(14)22/h3-8,10H,2,9,11-12H2,1H3. The van der Waals surface area contributed by atoms with Crippen LogP contribution in [0.1, 0.15) is 19.2 Å². The van der Waals surface area contributed by atoms with Gasteiger partial charge in [-0.1, -0.05) is 53.9 Å². The van der Waals surface area contributed by atoms with Crippen molar-refractivity contribution >= 4 is 40.7 Å². The second-order valence-corrected chi connectivity index (χ2v) is 7.41.